The Labute approximate surface area is 156 Å². The van der Waals surface area contributed by atoms with Crippen LogP contribution in [0.1, 0.15) is 37.4 Å². The van der Waals surface area contributed by atoms with Crippen LogP contribution in [0.25, 0.3) is 0 Å². The smallest absolute Gasteiger partial charge is 0.251 e. The fourth-order valence-electron chi connectivity index (χ4n) is 3.02. The molecule has 3 rings (SSSR count). The van der Waals surface area contributed by atoms with E-state index < -0.39 is 5.79 Å². The summed E-state index contributed by atoms with van der Waals surface area (Å²) in [7, 11) is 0. The lowest BCUT2D eigenvalue weighted by Gasteiger charge is -2.27. The first-order valence-electron chi connectivity index (χ1n) is 8.88. The normalized spacial score (nSPS) is 16.1. The Balaban J connectivity index is 1.59. The molecule has 26 heavy (non-hydrogen) atoms. The van der Waals surface area contributed by atoms with Gasteiger partial charge in [-0.2, -0.15) is 0 Å². The van der Waals surface area contributed by atoms with Gasteiger partial charge in [-0.1, -0.05) is 37.2 Å². The van der Waals surface area contributed by atoms with Crippen LogP contribution in [0.5, 0.6) is 0 Å². The highest BCUT2D eigenvalue weighted by molar-refractivity contribution is 7.99. The number of thioether (sulfide) groups is 1. The van der Waals surface area contributed by atoms with E-state index in [4.69, 9.17) is 9.47 Å². The third kappa shape index (κ3) is 4.72. The second-order valence-corrected chi connectivity index (χ2v) is 7.28. The first-order valence-corrected chi connectivity index (χ1v) is 9.87. The van der Waals surface area contributed by atoms with E-state index in [1.54, 1.807) is 18.2 Å². The van der Waals surface area contributed by atoms with Gasteiger partial charge in [0, 0.05) is 29.5 Å². The fourth-order valence-corrected chi connectivity index (χ4v) is 3.86. The molecule has 2 heterocycles. The lowest BCUT2D eigenvalue weighted by atomic mass is 10.0. The van der Waals surface area contributed by atoms with Gasteiger partial charge >= 0.3 is 0 Å². The molecule has 7 heteroatoms. The van der Waals surface area contributed by atoms with E-state index in [0.717, 1.165) is 36.3 Å². The molecule has 1 fully saturated rings. The topological polar surface area (TPSA) is 64.2 Å². The molecule has 0 bridgehead atoms. The van der Waals surface area contributed by atoms with Gasteiger partial charge in [0.1, 0.15) is 5.82 Å². The largest absolute Gasteiger partial charge is 0.343 e. The molecule has 0 aliphatic carbocycles. The second-order valence-electron chi connectivity index (χ2n) is 6.20. The minimum atomic E-state index is -0.806. The van der Waals surface area contributed by atoms with Crippen LogP contribution in [-0.4, -0.2) is 28.9 Å². The van der Waals surface area contributed by atoms with Crippen molar-refractivity contribution in [3.05, 3.63) is 57.8 Å². The van der Waals surface area contributed by atoms with Crippen LogP contribution in [0, 0.1) is 5.82 Å². The van der Waals surface area contributed by atoms with Crippen LogP contribution < -0.4 is 5.56 Å². The van der Waals surface area contributed by atoms with Crippen LogP contribution in [0.2, 0.25) is 0 Å². The summed E-state index contributed by atoms with van der Waals surface area (Å²) in [5, 5.41) is 0.644. The quantitative estimate of drug-likeness (QED) is 0.432. The molecule has 0 spiro atoms. The highest BCUT2D eigenvalue weighted by atomic mass is 32.2. The molecule has 0 amide bonds. The van der Waals surface area contributed by atoms with Gasteiger partial charge in [-0.25, -0.2) is 9.37 Å². The van der Waals surface area contributed by atoms with Crippen molar-refractivity contribution in [1.82, 2.24) is 9.97 Å². The van der Waals surface area contributed by atoms with Crippen molar-refractivity contribution in [3.8, 4) is 0 Å². The molecule has 0 radical (unpaired) electrons. The maximum absolute atomic E-state index is 13.2. The number of rotatable bonds is 8. The van der Waals surface area contributed by atoms with Crippen molar-refractivity contribution in [3.63, 3.8) is 0 Å². The van der Waals surface area contributed by atoms with E-state index in [1.165, 1.54) is 23.9 Å². The molecular weight excluding hydrogens is 355 g/mol. The van der Waals surface area contributed by atoms with Gasteiger partial charge in [0.15, 0.2) is 10.9 Å². The molecule has 1 aromatic carbocycles. The highest BCUT2D eigenvalue weighted by Crippen LogP contribution is 2.36. The standard InChI is InChI=1S/C19H23FN2O3S/c1-2-4-16-13-17(23)22-18(21-16)26-12-3-9-19(24-10-11-25-19)14-5-7-15(20)8-6-14/h5-8,13H,2-4,9-12H2,1H3,(H,21,22,23). The summed E-state index contributed by atoms with van der Waals surface area (Å²) >= 11 is 1.52. The van der Waals surface area contributed by atoms with E-state index in [2.05, 4.69) is 16.9 Å². The molecular formula is C19H23FN2O3S. The summed E-state index contributed by atoms with van der Waals surface area (Å²) in [6.45, 7) is 3.11. The van der Waals surface area contributed by atoms with Gasteiger partial charge in [0.05, 0.1) is 13.2 Å². The number of H-pyrrole nitrogens is 1. The van der Waals surface area contributed by atoms with E-state index in [1.807, 2.05) is 0 Å². The summed E-state index contributed by atoms with van der Waals surface area (Å²) < 4.78 is 24.9. The summed E-state index contributed by atoms with van der Waals surface area (Å²) in [6, 6.07) is 7.81. The summed E-state index contributed by atoms with van der Waals surface area (Å²) in [5.41, 5.74) is 1.54. The minimum absolute atomic E-state index is 0.115. The molecule has 2 aromatic rings. The molecule has 1 saturated heterocycles. The van der Waals surface area contributed by atoms with Crippen LogP contribution in [-0.2, 0) is 21.7 Å². The number of aromatic nitrogens is 2. The van der Waals surface area contributed by atoms with Crippen molar-refractivity contribution in [2.75, 3.05) is 19.0 Å². The number of hydrogen-bond donors (Lipinski definition) is 1. The van der Waals surface area contributed by atoms with Crippen molar-refractivity contribution < 1.29 is 13.9 Å². The maximum Gasteiger partial charge on any atom is 0.251 e. The Kier molecular flexibility index (Phi) is 6.45. The Bertz CT molecular complexity index is 773. The van der Waals surface area contributed by atoms with Crippen molar-refractivity contribution in [1.29, 1.82) is 0 Å². The van der Waals surface area contributed by atoms with Crippen LogP contribution in [0.15, 0.2) is 40.3 Å². The molecule has 140 valence electrons. The number of nitrogens with zero attached hydrogens (tertiary/aromatic N) is 1. The monoisotopic (exact) mass is 378 g/mol. The van der Waals surface area contributed by atoms with Crippen LogP contribution in [0.3, 0.4) is 0 Å². The third-order valence-corrected chi connectivity index (χ3v) is 5.17. The number of hydrogen-bond acceptors (Lipinski definition) is 5. The molecule has 1 aliphatic rings. The predicted molar refractivity (Wildman–Crippen MR) is 98.8 cm³/mol. The van der Waals surface area contributed by atoms with E-state index >= 15 is 0 Å². The predicted octanol–water partition coefficient (Wildman–Crippen LogP) is 3.63. The number of aromatic amines is 1. The van der Waals surface area contributed by atoms with E-state index in [9.17, 15) is 9.18 Å². The average molecular weight is 378 g/mol. The van der Waals surface area contributed by atoms with Crippen molar-refractivity contribution >= 4 is 11.8 Å². The van der Waals surface area contributed by atoms with Crippen LogP contribution in [0.4, 0.5) is 4.39 Å². The SMILES string of the molecule is CCCc1cc(=O)[nH]c(SCCCC2(c3ccc(F)cc3)OCCO2)n1. The number of halogens is 1. The molecule has 0 saturated carbocycles. The van der Waals surface area contributed by atoms with E-state index in [-0.39, 0.29) is 11.4 Å². The maximum atomic E-state index is 13.2. The number of nitrogens with one attached hydrogen (secondary N) is 1. The summed E-state index contributed by atoms with van der Waals surface area (Å²) in [4.78, 5) is 19.0. The van der Waals surface area contributed by atoms with Crippen molar-refractivity contribution in [2.24, 2.45) is 0 Å². The lowest BCUT2D eigenvalue weighted by molar-refractivity contribution is -0.170. The van der Waals surface area contributed by atoms with Gasteiger partial charge in [-0.3, -0.25) is 4.79 Å². The highest BCUT2D eigenvalue weighted by Gasteiger charge is 2.37. The minimum Gasteiger partial charge on any atom is -0.343 e. The van der Waals surface area contributed by atoms with Gasteiger partial charge in [0.25, 0.3) is 5.56 Å². The van der Waals surface area contributed by atoms with E-state index in [0.29, 0.717) is 24.8 Å². The number of aryl methyl sites for hydroxylation is 1. The molecule has 1 aromatic heterocycles. The Morgan fingerprint density at radius 2 is 2.00 bits per heavy atom. The number of benzene rings is 1. The third-order valence-electron chi connectivity index (χ3n) is 4.21. The molecule has 0 atom stereocenters. The second kappa shape index (κ2) is 8.79. The van der Waals surface area contributed by atoms with Crippen LogP contribution >= 0.6 is 11.8 Å². The summed E-state index contributed by atoms with van der Waals surface area (Å²) in [6.07, 6.45) is 3.22. The van der Waals surface area contributed by atoms with Gasteiger partial charge in [-0.15, -0.1) is 0 Å². The first-order chi connectivity index (χ1) is 12.6. The fraction of sp³-hybridized carbons (Fsp3) is 0.474. The Morgan fingerprint density at radius 1 is 1.27 bits per heavy atom. The molecule has 5 nitrogen and oxygen atoms in total. The Hall–Kier alpha value is -1.70. The zero-order chi connectivity index (χ0) is 18.4. The first kappa shape index (κ1) is 19.1. The zero-order valence-electron chi connectivity index (χ0n) is 14.8. The molecule has 0 unspecified atom stereocenters. The number of ether oxygens (including phenoxy) is 2. The lowest BCUT2D eigenvalue weighted by Crippen LogP contribution is -2.27. The van der Waals surface area contributed by atoms with Gasteiger partial charge in [0.2, 0.25) is 0 Å². The van der Waals surface area contributed by atoms with Gasteiger partial charge in [-0.05, 0) is 25.0 Å². The van der Waals surface area contributed by atoms with Crippen molar-refractivity contribution in [2.45, 2.75) is 43.6 Å². The zero-order valence-corrected chi connectivity index (χ0v) is 15.6. The molecule has 1 aliphatic heterocycles. The Morgan fingerprint density at radius 3 is 2.69 bits per heavy atom. The average Bonchev–Trinajstić information content (AvgIpc) is 3.09. The molecule has 1 N–H and O–H groups in total. The van der Waals surface area contributed by atoms with Gasteiger partial charge < -0.3 is 14.5 Å². The summed E-state index contributed by atoms with van der Waals surface area (Å²) in [5.74, 6) is -0.313.